The normalized spacial score (nSPS) is 13.0. The number of amides is 1. The second-order valence-electron chi connectivity index (χ2n) is 8.31. The third-order valence-corrected chi connectivity index (χ3v) is 8.59. The van der Waals surface area contributed by atoms with E-state index < -0.39 is 0 Å². The van der Waals surface area contributed by atoms with Crippen LogP contribution in [0.3, 0.4) is 0 Å². The Labute approximate surface area is 226 Å². The molecule has 0 aliphatic heterocycles. The fourth-order valence-corrected chi connectivity index (χ4v) is 6.73. The van der Waals surface area contributed by atoms with Gasteiger partial charge in [-0.2, -0.15) is 0 Å². The number of hydrogen-bond donors (Lipinski definition) is 1. The van der Waals surface area contributed by atoms with Gasteiger partial charge in [-0.3, -0.25) is 14.2 Å². The zero-order valence-electron chi connectivity index (χ0n) is 19.5. The number of benzene rings is 2. The molecule has 0 atom stereocenters. The SMILES string of the molecule is CCOc1ccc(-n2c(SCC(=O)Nc3cc(Cl)ccc3Cl)nc3sc4c(c3c2=O)CCCC4)cc1. The van der Waals surface area contributed by atoms with Crippen LogP contribution in [0.2, 0.25) is 10.0 Å². The van der Waals surface area contributed by atoms with Gasteiger partial charge in [0.25, 0.3) is 5.56 Å². The Bertz CT molecular complexity index is 1500. The van der Waals surface area contributed by atoms with E-state index in [0.29, 0.717) is 38.6 Å². The number of thiophene rings is 1. The van der Waals surface area contributed by atoms with E-state index in [1.165, 1.54) is 16.6 Å². The Hall–Kier alpha value is -2.52. The molecule has 186 valence electrons. The molecule has 0 unspecified atom stereocenters. The number of aromatic nitrogens is 2. The number of hydrogen-bond acceptors (Lipinski definition) is 6. The number of halogens is 2. The van der Waals surface area contributed by atoms with Crippen molar-refractivity contribution in [2.24, 2.45) is 0 Å². The van der Waals surface area contributed by atoms with Crippen LogP contribution in [-0.4, -0.2) is 27.8 Å². The quantitative estimate of drug-likeness (QED) is 0.200. The van der Waals surface area contributed by atoms with Crippen molar-refractivity contribution in [3.8, 4) is 11.4 Å². The summed E-state index contributed by atoms with van der Waals surface area (Å²) < 4.78 is 7.16. The molecule has 36 heavy (non-hydrogen) atoms. The number of thioether (sulfide) groups is 1. The van der Waals surface area contributed by atoms with Gasteiger partial charge in [-0.15, -0.1) is 11.3 Å². The van der Waals surface area contributed by atoms with Crippen molar-refractivity contribution in [3.63, 3.8) is 0 Å². The van der Waals surface area contributed by atoms with Gasteiger partial charge >= 0.3 is 0 Å². The summed E-state index contributed by atoms with van der Waals surface area (Å²) in [4.78, 5) is 33.5. The van der Waals surface area contributed by atoms with Gasteiger partial charge < -0.3 is 10.1 Å². The highest BCUT2D eigenvalue weighted by Gasteiger charge is 2.23. The van der Waals surface area contributed by atoms with Crippen LogP contribution in [0.5, 0.6) is 5.75 Å². The molecule has 6 nitrogen and oxygen atoms in total. The van der Waals surface area contributed by atoms with E-state index in [9.17, 15) is 9.59 Å². The number of carbonyl (C=O) groups is 1. The van der Waals surface area contributed by atoms with Crippen LogP contribution in [0, 0.1) is 0 Å². The molecule has 2 aromatic carbocycles. The van der Waals surface area contributed by atoms with Crippen LogP contribution < -0.4 is 15.6 Å². The molecule has 0 bridgehead atoms. The highest BCUT2D eigenvalue weighted by Crippen LogP contribution is 2.35. The number of anilines is 1. The molecule has 2 aromatic heterocycles. The average molecular weight is 561 g/mol. The van der Waals surface area contributed by atoms with Crippen LogP contribution in [0.15, 0.2) is 52.4 Å². The van der Waals surface area contributed by atoms with Crippen LogP contribution in [-0.2, 0) is 17.6 Å². The Kier molecular flexibility index (Phi) is 7.57. The molecule has 2 heterocycles. The smallest absolute Gasteiger partial charge is 0.267 e. The molecule has 1 aliphatic carbocycles. The van der Waals surface area contributed by atoms with E-state index in [4.69, 9.17) is 32.9 Å². The Balaban J connectivity index is 1.51. The van der Waals surface area contributed by atoms with Gasteiger partial charge in [-0.1, -0.05) is 35.0 Å². The Morgan fingerprint density at radius 1 is 1.17 bits per heavy atom. The molecule has 1 aliphatic rings. The third-order valence-electron chi connectivity index (χ3n) is 5.90. The van der Waals surface area contributed by atoms with Crippen molar-refractivity contribution < 1.29 is 9.53 Å². The van der Waals surface area contributed by atoms with Gasteiger partial charge in [0, 0.05) is 9.90 Å². The molecule has 4 aromatic rings. The third kappa shape index (κ3) is 5.13. The van der Waals surface area contributed by atoms with Crippen LogP contribution >= 0.6 is 46.3 Å². The van der Waals surface area contributed by atoms with Gasteiger partial charge in [0.15, 0.2) is 5.16 Å². The fraction of sp³-hybridized carbons (Fsp3) is 0.269. The number of nitrogens with zero attached hydrogens (tertiary/aromatic N) is 2. The minimum atomic E-state index is -0.276. The lowest BCUT2D eigenvalue weighted by atomic mass is 9.97. The van der Waals surface area contributed by atoms with E-state index in [1.807, 2.05) is 31.2 Å². The Morgan fingerprint density at radius 2 is 1.94 bits per heavy atom. The largest absolute Gasteiger partial charge is 0.494 e. The number of aryl methyl sites for hydroxylation is 2. The molecule has 0 radical (unpaired) electrons. The molecular weight excluding hydrogens is 537 g/mol. The lowest BCUT2D eigenvalue weighted by molar-refractivity contribution is -0.113. The number of carbonyl (C=O) groups excluding carboxylic acids is 1. The lowest BCUT2D eigenvalue weighted by Gasteiger charge is -2.14. The molecule has 10 heteroatoms. The number of nitrogens with one attached hydrogen (secondary N) is 1. The molecule has 5 rings (SSSR count). The first-order valence-electron chi connectivity index (χ1n) is 11.6. The zero-order valence-corrected chi connectivity index (χ0v) is 22.6. The number of fused-ring (bicyclic) bond motifs is 3. The minimum absolute atomic E-state index is 0.0446. The Morgan fingerprint density at radius 3 is 2.72 bits per heavy atom. The van der Waals surface area contributed by atoms with Crippen molar-refractivity contribution in [2.75, 3.05) is 17.7 Å². The monoisotopic (exact) mass is 559 g/mol. The predicted octanol–water partition coefficient (Wildman–Crippen LogP) is 6.76. The minimum Gasteiger partial charge on any atom is -0.494 e. The predicted molar refractivity (Wildman–Crippen MR) is 149 cm³/mol. The van der Waals surface area contributed by atoms with E-state index in [2.05, 4.69) is 5.32 Å². The second kappa shape index (κ2) is 10.8. The lowest BCUT2D eigenvalue weighted by Crippen LogP contribution is -2.23. The van der Waals surface area contributed by atoms with Gasteiger partial charge in [-0.05, 0) is 80.6 Å². The average Bonchev–Trinajstić information content (AvgIpc) is 3.25. The van der Waals surface area contributed by atoms with Crippen LogP contribution in [0.1, 0.15) is 30.2 Å². The first-order valence-corrected chi connectivity index (χ1v) is 14.2. The summed E-state index contributed by atoms with van der Waals surface area (Å²) in [6.07, 6.45) is 4.07. The molecule has 0 spiro atoms. The summed E-state index contributed by atoms with van der Waals surface area (Å²) in [6, 6.07) is 12.2. The fourth-order valence-electron chi connectivity index (χ4n) is 4.28. The maximum atomic E-state index is 13.9. The summed E-state index contributed by atoms with van der Waals surface area (Å²) in [6.45, 7) is 2.48. The summed E-state index contributed by atoms with van der Waals surface area (Å²) in [5.41, 5.74) is 2.13. The summed E-state index contributed by atoms with van der Waals surface area (Å²) >= 11 is 15.0. The zero-order chi connectivity index (χ0) is 25.2. The van der Waals surface area contributed by atoms with Crippen molar-refractivity contribution in [1.82, 2.24) is 9.55 Å². The summed E-state index contributed by atoms with van der Waals surface area (Å²) in [7, 11) is 0. The standard InChI is InChI=1S/C26H23Cl2N3O3S2/c1-2-34-17-10-8-16(9-11-17)31-25(33)23-18-5-3-4-6-21(18)36-24(23)30-26(31)35-14-22(32)29-20-13-15(27)7-12-19(20)28/h7-13H,2-6,14H2,1H3,(H,29,32). The van der Waals surface area contributed by atoms with Crippen molar-refractivity contribution >= 4 is 68.1 Å². The number of ether oxygens (including phenoxy) is 1. The highest BCUT2D eigenvalue weighted by molar-refractivity contribution is 7.99. The molecule has 0 saturated carbocycles. The van der Waals surface area contributed by atoms with Crippen LogP contribution in [0.25, 0.3) is 15.9 Å². The molecule has 1 amide bonds. The van der Waals surface area contributed by atoms with E-state index >= 15 is 0 Å². The summed E-state index contributed by atoms with van der Waals surface area (Å²) in [5.74, 6) is 0.494. The maximum absolute atomic E-state index is 13.9. The van der Waals surface area contributed by atoms with Crippen molar-refractivity contribution in [1.29, 1.82) is 0 Å². The van der Waals surface area contributed by atoms with Crippen molar-refractivity contribution in [2.45, 2.75) is 37.8 Å². The number of rotatable bonds is 7. The molecule has 1 N–H and O–H groups in total. The van der Waals surface area contributed by atoms with Gasteiger partial charge in [-0.25, -0.2) is 4.98 Å². The van der Waals surface area contributed by atoms with Crippen molar-refractivity contribution in [3.05, 3.63) is 73.3 Å². The van der Waals surface area contributed by atoms with Crippen LogP contribution in [0.4, 0.5) is 5.69 Å². The van der Waals surface area contributed by atoms with E-state index in [1.54, 1.807) is 34.1 Å². The molecule has 0 fully saturated rings. The van der Waals surface area contributed by atoms with E-state index in [-0.39, 0.29) is 17.2 Å². The van der Waals surface area contributed by atoms with Gasteiger partial charge in [0.05, 0.1) is 34.1 Å². The van der Waals surface area contributed by atoms with Gasteiger partial charge in [0.1, 0.15) is 10.6 Å². The molecule has 0 saturated heterocycles. The van der Waals surface area contributed by atoms with Gasteiger partial charge in [0.2, 0.25) is 5.91 Å². The highest BCUT2D eigenvalue weighted by atomic mass is 35.5. The topological polar surface area (TPSA) is 73.2 Å². The second-order valence-corrected chi connectivity index (χ2v) is 11.2. The summed E-state index contributed by atoms with van der Waals surface area (Å²) in [5, 5.41) is 4.82. The first kappa shape index (κ1) is 25.1. The maximum Gasteiger partial charge on any atom is 0.267 e. The van der Waals surface area contributed by atoms with E-state index in [0.717, 1.165) is 41.8 Å². The molecular formula is C26H23Cl2N3O3S2. The first-order chi connectivity index (χ1) is 17.4.